The topological polar surface area (TPSA) is 90.0 Å². The number of nitrogens with one attached hydrogen (secondary N) is 1. The van der Waals surface area contributed by atoms with E-state index in [-0.39, 0.29) is 10.9 Å². The lowest BCUT2D eigenvalue weighted by Crippen LogP contribution is -2.15. The summed E-state index contributed by atoms with van der Waals surface area (Å²) in [6.45, 7) is 1.82. The predicted molar refractivity (Wildman–Crippen MR) is 67.6 cm³/mol. The van der Waals surface area contributed by atoms with Crippen LogP contribution in [0.15, 0.2) is 29.3 Å². The van der Waals surface area contributed by atoms with Gasteiger partial charge in [-0.1, -0.05) is 0 Å². The van der Waals surface area contributed by atoms with Crippen LogP contribution in [0.5, 0.6) is 0 Å². The molecule has 6 nitrogen and oxygen atoms in total. The Labute approximate surface area is 105 Å². The van der Waals surface area contributed by atoms with Gasteiger partial charge >= 0.3 is 0 Å². The summed E-state index contributed by atoms with van der Waals surface area (Å²) < 4.78 is 24.6. The number of primary sulfonamides is 1. The highest BCUT2D eigenvalue weighted by atomic mass is 32.2. The molecule has 18 heavy (non-hydrogen) atoms. The Morgan fingerprint density at radius 2 is 2.28 bits per heavy atom. The Morgan fingerprint density at radius 3 is 2.94 bits per heavy atom. The molecule has 3 N–H and O–H groups in total. The molecule has 7 heteroatoms. The first-order valence-electron chi connectivity index (χ1n) is 5.76. The molecule has 0 bridgehead atoms. The smallest absolute Gasteiger partial charge is 0.238 e. The Hall–Kier alpha value is -1.44. The van der Waals surface area contributed by atoms with Crippen LogP contribution in [-0.4, -0.2) is 31.3 Å². The van der Waals surface area contributed by atoms with E-state index in [4.69, 9.17) is 5.14 Å². The molecule has 2 aromatic rings. The van der Waals surface area contributed by atoms with Gasteiger partial charge in [-0.05, 0) is 31.2 Å². The minimum Gasteiger partial charge on any atom is -0.315 e. The van der Waals surface area contributed by atoms with Crippen LogP contribution in [0, 0.1) is 0 Å². The number of fused-ring (bicyclic) bond motifs is 1. The van der Waals surface area contributed by atoms with E-state index >= 15 is 0 Å². The van der Waals surface area contributed by atoms with Gasteiger partial charge in [0, 0.05) is 11.9 Å². The number of hydrogen-bond acceptors (Lipinski definition) is 4. The van der Waals surface area contributed by atoms with E-state index in [0.29, 0.717) is 0 Å². The van der Waals surface area contributed by atoms with E-state index in [0.717, 1.165) is 30.4 Å². The average molecular weight is 266 g/mol. The maximum absolute atomic E-state index is 11.4. The van der Waals surface area contributed by atoms with Crippen LogP contribution in [0.25, 0.3) is 10.9 Å². The minimum absolute atomic E-state index is 0.128. The van der Waals surface area contributed by atoms with Crippen molar-refractivity contribution in [2.45, 2.75) is 17.4 Å². The number of nitrogens with two attached hydrogens (primary N) is 1. The molecule has 1 aromatic heterocycles. The summed E-state index contributed by atoms with van der Waals surface area (Å²) in [5.74, 6) is 0. The molecule has 0 spiro atoms. The highest BCUT2D eigenvalue weighted by Gasteiger charge is 2.20. The van der Waals surface area contributed by atoms with Crippen LogP contribution >= 0.6 is 0 Å². The van der Waals surface area contributed by atoms with Gasteiger partial charge in [0.15, 0.2) is 0 Å². The summed E-state index contributed by atoms with van der Waals surface area (Å²) in [6.07, 6.45) is 2.75. The molecule has 96 valence electrons. The highest BCUT2D eigenvalue weighted by molar-refractivity contribution is 7.89. The number of rotatable bonds is 2. The average Bonchev–Trinajstić information content (AvgIpc) is 2.95. The van der Waals surface area contributed by atoms with Crippen LogP contribution in [0.2, 0.25) is 0 Å². The maximum atomic E-state index is 11.4. The second kappa shape index (κ2) is 4.04. The second-order valence-corrected chi connectivity index (χ2v) is 6.06. The van der Waals surface area contributed by atoms with Crippen LogP contribution in [0.1, 0.15) is 12.5 Å². The van der Waals surface area contributed by atoms with Gasteiger partial charge in [-0.15, -0.1) is 0 Å². The van der Waals surface area contributed by atoms with E-state index in [9.17, 15) is 8.42 Å². The predicted octanol–water partition coefficient (Wildman–Crippen LogP) is 0.218. The normalized spacial score (nSPS) is 20.6. The molecular formula is C11H14N4O2S. The van der Waals surface area contributed by atoms with Crippen molar-refractivity contribution in [3.8, 4) is 0 Å². The number of nitrogens with zero attached hydrogens (tertiary/aromatic N) is 2. The standard InChI is InChI=1S/C11H14N4O2S/c12-18(16,17)10-2-1-8-6-14-15(11(8)5-10)9-3-4-13-7-9/h1-2,5-6,9,13H,3-4,7H2,(H2,12,16,17). The number of aromatic nitrogens is 2. The first-order chi connectivity index (χ1) is 8.55. The molecule has 0 amide bonds. The molecule has 1 fully saturated rings. The summed E-state index contributed by atoms with van der Waals surface area (Å²) in [5.41, 5.74) is 0.815. The third-order valence-electron chi connectivity index (χ3n) is 3.28. The van der Waals surface area contributed by atoms with Crippen molar-refractivity contribution in [3.63, 3.8) is 0 Å². The molecule has 0 aliphatic carbocycles. The van der Waals surface area contributed by atoms with E-state index in [1.807, 2.05) is 4.68 Å². The van der Waals surface area contributed by atoms with Gasteiger partial charge in [-0.25, -0.2) is 13.6 Å². The molecule has 1 aromatic carbocycles. The van der Waals surface area contributed by atoms with Gasteiger partial charge in [-0.2, -0.15) is 5.10 Å². The summed E-state index contributed by atoms with van der Waals surface area (Å²) >= 11 is 0. The monoisotopic (exact) mass is 266 g/mol. The number of sulfonamides is 1. The van der Waals surface area contributed by atoms with Gasteiger partial charge in [0.25, 0.3) is 0 Å². The summed E-state index contributed by atoms with van der Waals surface area (Å²) in [6, 6.07) is 5.12. The summed E-state index contributed by atoms with van der Waals surface area (Å²) in [7, 11) is -3.67. The van der Waals surface area contributed by atoms with Crippen LogP contribution in [0.3, 0.4) is 0 Å². The molecule has 1 aliphatic rings. The van der Waals surface area contributed by atoms with E-state index in [1.165, 1.54) is 6.07 Å². The Balaban J connectivity index is 2.16. The van der Waals surface area contributed by atoms with Crippen molar-refractivity contribution in [1.82, 2.24) is 15.1 Å². The van der Waals surface area contributed by atoms with Crippen molar-refractivity contribution >= 4 is 20.9 Å². The molecule has 0 saturated carbocycles. The van der Waals surface area contributed by atoms with Gasteiger partial charge < -0.3 is 5.32 Å². The van der Waals surface area contributed by atoms with Crippen LogP contribution < -0.4 is 10.5 Å². The molecule has 3 rings (SSSR count). The van der Waals surface area contributed by atoms with Gasteiger partial charge in [0.1, 0.15) is 0 Å². The Bertz CT molecular complexity index is 686. The molecule has 1 aliphatic heterocycles. The van der Waals surface area contributed by atoms with Crippen molar-refractivity contribution in [2.24, 2.45) is 5.14 Å². The quantitative estimate of drug-likeness (QED) is 0.813. The van der Waals surface area contributed by atoms with Crippen LogP contribution in [-0.2, 0) is 10.0 Å². The fourth-order valence-electron chi connectivity index (χ4n) is 2.33. The second-order valence-electron chi connectivity index (χ2n) is 4.50. The molecule has 1 unspecified atom stereocenters. The SMILES string of the molecule is NS(=O)(=O)c1ccc2cnn(C3CCNC3)c2c1. The fourth-order valence-corrected chi connectivity index (χ4v) is 2.87. The van der Waals surface area contributed by atoms with Crippen molar-refractivity contribution < 1.29 is 8.42 Å². The van der Waals surface area contributed by atoms with E-state index in [2.05, 4.69) is 10.4 Å². The van der Waals surface area contributed by atoms with Crippen molar-refractivity contribution in [1.29, 1.82) is 0 Å². The lowest BCUT2D eigenvalue weighted by molar-refractivity contribution is 0.506. The lowest BCUT2D eigenvalue weighted by Gasteiger charge is -2.10. The zero-order valence-electron chi connectivity index (χ0n) is 9.70. The molecule has 0 radical (unpaired) electrons. The number of hydrogen-bond donors (Lipinski definition) is 2. The first-order valence-corrected chi connectivity index (χ1v) is 7.31. The van der Waals surface area contributed by atoms with Gasteiger partial charge in [0.05, 0.1) is 22.7 Å². The van der Waals surface area contributed by atoms with Crippen LogP contribution in [0.4, 0.5) is 0 Å². The summed E-state index contributed by atoms with van der Waals surface area (Å²) in [5, 5.41) is 13.7. The van der Waals surface area contributed by atoms with Gasteiger partial charge in [-0.3, -0.25) is 4.68 Å². The lowest BCUT2D eigenvalue weighted by atomic mass is 10.2. The summed E-state index contributed by atoms with van der Waals surface area (Å²) in [4.78, 5) is 0.128. The largest absolute Gasteiger partial charge is 0.315 e. The zero-order chi connectivity index (χ0) is 12.8. The first kappa shape index (κ1) is 11.6. The Kier molecular flexibility index (Phi) is 2.61. The fraction of sp³-hybridized carbons (Fsp3) is 0.364. The molecule has 2 heterocycles. The molecular weight excluding hydrogens is 252 g/mol. The zero-order valence-corrected chi connectivity index (χ0v) is 10.5. The third kappa shape index (κ3) is 1.90. The number of benzene rings is 1. The Morgan fingerprint density at radius 1 is 1.44 bits per heavy atom. The van der Waals surface area contributed by atoms with Gasteiger partial charge in [0.2, 0.25) is 10.0 Å². The van der Waals surface area contributed by atoms with E-state index in [1.54, 1.807) is 18.3 Å². The third-order valence-corrected chi connectivity index (χ3v) is 4.19. The molecule has 1 saturated heterocycles. The maximum Gasteiger partial charge on any atom is 0.238 e. The van der Waals surface area contributed by atoms with E-state index < -0.39 is 10.0 Å². The highest BCUT2D eigenvalue weighted by Crippen LogP contribution is 2.23. The van der Waals surface area contributed by atoms with Crippen molar-refractivity contribution in [3.05, 3.63) is 24.4 Å². The minimum atomic E-state index is -3.67. The molecule has 1 atom stereocenters. The van der Waals surface area contributed by atoms with Crippen molar-refractivity contribution in [2.75, 3.05) is 13.1 Å².